The lowest BCUT2D eigenvalue weighted by Crippen LogP contribution is -2.43. The summed E-state index contributed by atoms with van der Waals surface area (Å²) in [7, 11) is -3.77. The summed E-state index contributed by atoms with van der Waals surface area (Å²) >= 11 is 5.90. The standard InChI is InChI=1S/C22H28ClNO3S/c1-17(2)14-21(16-25)24(13-5-8-19-7-4-6-18(3)15-19)28(26,27)22-11-9-20(23)10-12-22/h4-12,15,17,21,25H,13-14,16H2,1-3H3/b8-5+. The molecular formula is C22H28ClNO3S. The largest absolute Gasteiger partial charge is 0.395 e. The maximum Gasteiger partial charge on any atom is 0.243 e. The van der Waals surface area contributed by atoms with Gasteiger partial charge in [0, 0.05) is 17.6 Å². The molecule has 0 aliphatic carbocycles. The molecule has 0 spiro atoms. The van der Waals surface area contributed by atoms with Crippen LogP contribution in [0, 0.1) is 12.8 Å². The zero-order valence-electron chi connectivity index (χ0n) is 16.5. The van der Waals surface area contributed by atoms with Crippen molar-refractivity contribution < 1.29 is 13.5 Å². The number of aryl methyl sites for hydroxylation is 1. The second-order valence-corrected chi connectivity index (χ2v) is 9.64. The van der Waals surface area contributed by atoms with Crippen LogP contribution in [0.25, 0.3) is 6.08 Å². The topological polar surface area (TPSA) is 57.6 Å². The molecule has 0 radical (unpaired) electrons. The quantitative estimate of drug-likeness (QED) is 0.635. The van der Waals surface area contributed by atoms with Crippen molar-refractivity contribution in [3.8, 4) is 0 Å². The average Bonchev–Trinajstić information content (AvgIpc) is 2.64. The molecule has 2 rings (SSSR count). The van der Waals surface area contributed by atoms with Gasteiger partial charge in [-0.2, -0.15) is 4.31 Å². The van der Waals surface area contributed by atoms with E-state index >= 15 is 0 Å². The van der Waals surface area contributed by atoms with Gasteiger partial charge in [-0.15, -0.1) is 0 Å². The van der Waals surface area contributed by atoms with Gasteiger partial charge in [0.15, 0.2) is 0 Å². The molecule has 4 nitrogen and oxygen atoms in total. The fourth-order valence-corrected chi connectivity index (χ4v) is 4.78. The number of hydrogen-bond acceptors (Lipinski definition) is 3. The van der Waals surface area contributed by atoms with Crippen LogP contribution in [-0.4, -0.2) is 37.0 Å². The first-order chi connectivity index (χ1) is 13.2. The molecule has 0 aliphatic rings. The third-order valence-electron chi connectivity index (χ3n) is 4.42. The fourth-order valence-electron chi connectivity index (χ4n) is 3.08. The number of benzene rings is 2. The van der Waals surface area contributed by atoms with E-state index in [1.54, 1.807) is 12.1 Å². The number of aliphatic hydroxyl groups is 1. The molecule has 0 fully saturated rings. The number of hydrogen-bond donors (Lipinski definition) is 1. The van der Waals surface area contributed by atoms with E-state index in [1.807, 2.05) is 57.2 Å². The van der Waals surface area contributed by atoms with Crippen LogP contribution >= 0.6 is 11.6 Å². The highest BCUT2D eigenvalue weighted by Crippen LogP contribution is 2.23. The van der Waals surface area contributed by atoms with Crippen LogP contribution in [0.5, 0.6) is 0 Å². The molecule has 2 aromatic rings. The minimum Gasteiger partial charge on any atom is -0.395 e. The fraction of sp³-hybridized carbons (Fsp3) is 0.364. The van der Waals surface area contributed by atoms with E-state index in [0.29, 0.717) is 11.4 Å². The van der Waals surface area contributed by atoms with E-state index in [-0.39, 0.29) is 24.0 Å². The molecule has 152 valence electrons. The smallest absolute Gasteiger partial charge is 0.243 e. The minimum absolute atomic E-state index is 0.170. The van der Waals surface area contributed by atoms with E-state index in [0.717, 1.165) is 11.1 Å². The zero-order valence-corrected chi connectivity index (χ0v) is 18.1. The summed E-state index contributed by atoms with van der Waals surface area (Å²) < 4.78 is 27.9. The lowest BCUT2D eigenvalue weighted by atomic mass is 10.0. The Hall–Kier alpha value is -1.66. The molecule has 2 aromatic carbocycles. The molecule has 0 heterocycles. The number of halogens is 1. The first-order valence-corrected chi connectivity index (χ1v) is 11.2. The Morgan fingerprint density at radius 1 is 1.14 bits per heavy atom. The Labute approximate surface area is 173 Å². The molecule has 0 amide bonds. The molecular weight excluding hydrogens is 394 g/mol. The Bertz CT molecular complexity index is 892. The Balaban J connectivity index is 2.34. The lowest BCUT2D eigenvalue weighted by Gasteiger charge is -2.30. The maximum atomic E-state index is 13.3. The number of sulfonamides is 1. The van der Waals surface area contributed by atoms with Crippen molar-refractivity contribution in [1.82, 2.24) is 4.31 Å². The molecule has 0 aliphatic heterocycles. The van der Waals surface area contributed by atoms with Gasteiger partial charge in [-0.3, -0.25) is 0 Å². The second kappa shape index (κ2) is 10.2. The van der Waals surface area contributed by atoms with Crippen molar-refractivity contribution in [3.63, 3.8) is 0 Å². The van der Waals surface area contributed by atoms with Gasteiger partial charge < -0.3 is 5.11 Å². The van der Waals surface area contributed by atoms with Gasteiger partial charge >= 0.3 is 0 Å². The maximum absolute atomic E-state index is 13.3. The summed E-state index contributed by atoms with van der Waals surface area (Å²) in [6.07, 6.45) is 4.30. The van der Waals surface area contributed by atoms with Crippen molar-refractivity contribution in [2.75, 3.05) is 13.2 Å². The van der Waals surface area contributed by atoms with Crippen molar-refractivity contribution in [3.05, 3.63) is 70.8 Å². The SMILES string of the molecule is Cc1cccc(/C=C/CN(C(CO)CC(C)C)S(=O)(=O)c2ccc(Cl)cc2)c1. The van der Waals surface area contributed by atoms with Gasteiger partial charge in [-0.25, -0.2) is 8.42 Å². The van der Waals surface area contributed by atoms with Crippen molar-refractivity contribution in [2.45, 2.75) is 38.1 Å². The molecule has 28 heavy (non-hydrogen) atoms. The van der Waals surface area contributed by atoms with Gasteiger partial charge in [0.1, 0.15) is 0 Å². The first-order valence-electron chi connectivity index (χ1n) is 9.35. The predicted molar refractivity (Wildman–Crippen MR) is 116 cm³/mol. The summed E-state index contributed by atoms with van der Waals surface area (Å²) in [5.41, 5.74) is 2.15. The lowest BCUT2D eigenvalue weighted by molar-refractivity contribution is 0.175. The molecule has 0 bridgehead atoms. The first kappa shape index (κ1) is 22.6. The van der Waals surface area contributed by atoms with E-state index in [2.05, 4.69) is 0 Å². The van der Waals surface area contributed by atoms with Gasteiger partial charge in [0.25, 0.3) is 0 Å². The second-order valence-electron chi connectivity index (χ2n) is 7.31. The molecule has 1 atom stereocenters. The molecule has 1 unspecified atom stereocenters. The zero-order chi connectivity index (χ0) is 20.7. The third kappa shape index (κ3) is 6.17. The van der Waals surface area contributed by atoms with E-state index < -0.39 is 16.1 Å². The summed E-state index contributed by atoms with van der Waals surface area (Å²) in [6.45, 7) is 5.98. The number of nitrogens with zero attached hydrogens (tertiary/aromatic N) is 1. The number of aliphatic hydroxyl groups excluding tert-OH is 1. The van der Waals surface area contributed by atoms with Crippen LogP contribution in [-0.2, 0) is 10.0 Å². The van der Waals surface area contributed by atoms with Crippen LogP contribution in [0.1, 0.15) is 31.4 Å². The van der Waals surface area contributed by atoms with Crippen LogP contribution in [0.2, 0.25) is 5.02 Å². The van der Waals surface area contributed by atoms with Crippen LogP contribution in [0.4, 0.5) is 0 Å². The van der Waals surface area contributed by atoms with Gasteiger partial charge in [0.05, 0.1) is 11.5 Å². The van der Waals surface area contributed by atoms with Crippen molar-refractivity contribution in [2.24, 2.45) is 5.92 Å². The Morgan fingerprint density at radius 2 is 1.82 bits per heavy atom. The Kier molecular flexibility index (Phi) is 8.25. The summed E-state index contributed by atoms with van der Waals surface area (Å²) in [5, 5.41) is 10.4. The van der Waals surface area contributed by atoms with E-state index in [9.17, 15) is 13.5 Å². The van der Waals surface area contributed by atoms with E-state index in [1.165, 1.54) is 16.4 Å². The minimum atomic E-state index is -3.77. The van der Waals surface area contributed by atoms with Crippen LogP contribution in [0.3, 0.4) is 0 Å². The van der Waals surface area contributed by atoms with Gasteiger partial charge in [0.2, 0.25) is 10.0 Å². The molecule has 1 N–H and O–H groups in total. The number of rotatable bonds is 9. The predicted octanol–water partition coefficient (Wildman–Crippen LogP) is 4.76. The highest BCUT2D eigenvalue weighted by Gasteiger charge is 2.30. The normalized spacial score (nSPS) is 13.5. The Morgan fingerprint density at radius 3 is 2.39 bits per heavy atom. The van der Waals surface area contributed by atoms with Gasteiger partial charge in [-0.05, 0) is 49.1 Å². The van der Waals surface area contributed by atoms with Crippen LogP contribution in [0.15, 0.2) is 59.5 Å². The van der Waals surface area contributed by atoms with Crippen molar-refractivity contribution >= 4 is 27.7 Å². The monoisotopic (exact) mass is 421 g/mol. The average molecular weight is 422 g/mol. The highest BCUT2D eigenvalue weighted by molar-refractivity contribution is 7.89. The summed E-state index contributed by atoms with van der Waals surface area (Å²) in [5.74, 6) is 0.251. The highest BCUT2D eigenvalue weighted by atomic mass is 35.5. The van der Waals surface area contributed by atoms with Crippen LogP contribution < -0.4 is 0 Å². The van der Waals surface area contributed by atoms with Crippen molar-refractivity contribution in [1.29, 1.82) is 0 Å². The van der Waals surface area contributed by atoms with E-state index in [4.69, 9.17) is 11.6 Å². The molecule has 0 saturated carbocycles. The molecule has 0 saturated heterocycles. The third-order valence-corrected chi connectivity index (χ3v) is 6.60. The summed E-state index contributed by atoms with van der Waals surface area (Å²) in [4.78, 5) is 0.170. The summed E-state index contributed by atoms with van der Waals surface area (Å²) in [6, 6.07) is 13.6. The molecule has 0 aromatic heterocycles. The molecule has 6 heteroatoms. The van der Waals surface area contributed by atoms with Gasteiger partial charge in [-0.1, -0.05) is 67.4 Å².